The Kier molecular flexibility index (Phi) is 4.88. The summed E-state index contributed by atoms with van der Waals surface area (Å²) in [7, 11) is -8.31. The lowest BCUT2D eigenvalue weighted by molar-refractivity contribution is -0.0404. The van der Waals surface area contributed by atoms with Gasteiger partial charge in [-0.25, -0.2) is 27.0 Å². The number of halogens is 3. The van der Waals surface area contributed by atoms with E-state index in [4.69, 9.17) is 4.42 Å². The monoisotopic (exact) mass is 459 g/mol. The first-order valence-corrected chi connectivity index (χ1v) is 12.1. The standard InChI is InChI=1S/C18H16F3N3O4S2/c1-2-29(25,26)15-4-3-9-22-16(15)17-23-13-10-12(7-8-14(13)28-17)30(27,18(19,20)21)24-11-5-6-11/h3-4,7-11H,2,5-6H2,1H3. The van der Waals surface area contributed by atoms with Gasteiger partial charge in [0, 0.05) is 6.20 Å². The van der Waals surface area contributed by atoms with E-state index < -0.39 is 36.0 Å². The van der Waals surface area contributed by atoms with Gasteiger partial charge in [-0.1, -0.05) is 6.92 Å². The lowest BCUT2D eigenvalue weighted by Crippen LogP contribution is -2.23. The number of benzene rings is 1. The third-order valence-electron chi connectivity index (χ3n) is 4.53. The molecule has 12 heteroatoms. The van der Waals surface area contributed by atoms with Crippen molar-refractivity contribution in [2.24, 2.45) is 4.36 Å². The maximum Gasteiger partial charge on any atom is 0.483 e. The predicted octanol–water partition coefficient (Wildman–Crippen LogP) is 4.19. The highest BCUT2D eigenvalue weighted by atomic mass is 32.2. The second-order valence-corrected chi connectivity index (χ2v) is 11.2. The van der Waals surface area contributed by atoms with Crippen LogP contribution in [0.15, 0.2) is 55.1 Å². The van der Waals surface area contributed by atoms with Crippen LogP contribution in [-0.4, -0.2) is 39.9 Å². The largest absolute Gasteiger partial charge is 0.483 e. The van der Waals surface area contributed by atoms with Crippen molar-refractivity contribution < 1.29 is 30.2 Å². The molecule has 30 heavy (non-hydrogen) atoms. The minimum atomic E-state index is -5.04. The number of hydrogen-bond donors (Lipinski definition) is 0. The number of alkyl halides is 3. The first kappa shape index (κ1) is 20.8. The Labute approximate surface area is 170 Å². The zero-order valence-electron chi connectivity index (χ0n) is 15.6. The minimum Gasteiger partial charge on any atom is -0.435 e. The van der Waals surface area contributed by atoms with Gasteiger partial charge in [0.1, 0.15) is 11.2 Å². The van der Waals surface area contributed by atoms with Crippen LogP contribution in [0.1, 0.15) is 19.8 Å². The Hall–Kier alpha value is -2.47. The van der Waals surface area contributed by atoms with Crippen molar-refractivity contribution in [1.82, 2.24) is 9.97 Å². The molecule has 0 aliphatic heterocycles. The van der Waals surface area contributed by atoms with Gasteiger partial charge in [-0.3, -0.25) is 0 Å². The van der Waals surface area contributed by atoms with Crippen LogP contribution in [0.2, 0.25) is 0 Å². The summed E-state index contributed by atoms with van der Waals surface area (Å²) in [5.41, 5.74) is -4.99. The van der Waals surface area contributed by atoms with E-state index in [0.717, 1.165) is 12.1 Å². The summed E-state index contributed by atoms with van der Waals surface area (Å²) >= 11 is 0. The first-order chi connectivity index (χ1) is 14.0. The number of hydrogen-bond acceptors (Lipinski definition) is 7. The SMILES string of the molecule is CCS(=O)(=O)c1cccnc1-c1nc2cc(S(=O)(=NC3CC3)C(F)(F)F)ccc2o1. The Morgan fingerprint density at radius 2 is 1.93 bits per heavy atom. The summed E-state index contributed by atoms with van der Waals surface area (Å²) in [6.07, 6.45) is 2.30. The van der Waals surface area contributed by atoms with Crippen molar-refractivity contribution in [3.8, 4) is 11.6 Å². The predicted molar refractivity (Wildman–Crippen MR) is 103 cm³/mol. The van der Waals surface area contributed by atoms with Crippen molar-refractivity contribution in [3.05, 3.63) is 36.5 Å². The van der Waals surface area contributed by atoms with E-state index in [2.05, 4.69) is 14.3 Å². The summed E-state index contributed by atoms with van der Waals surface area (Å²) in [6.45, 7) is 1.47. The van der Waals surface area contributed by atoms with Crippen molar-refractivity contribution in [2.45, 2.75) is 41.1 Å². The highest BCUT2D eigenvalue weighted by molar-refractivity contribution is 7.94. The van der Waals surface area contributed by atoms with E-state index in [1.165, 1.54) is 31.3 Å². The molecule has 1 atom stereocenters. The first-order valence-electron chi connectivity index (χ1n) is 8.96. The molecule has 0 N–H and O–H groups in total. The van der Waals surface area contributed by atoms with Crippen LogP contribution in [-0.2, 0) is 19.6 Å². The molecule has 1 aliphatic rings. The summed E-state index contributed by atoms with van der Waals surface area (Å²) in [5.74, 6) is -0.334. The number of sulfone groups is 1. The van der Waals surface area contributed by atoms with E-state index in [0.29, 0.717) is 12.8 Å². The smallest absolute Gasteiger partial charge is 0.435 e. The molecule has 1 aromatic carbocycles. The average Bonchev–Trinajstić information content (AvgIpc) is 3.41. The number of nitrogens with zero attached hydrogens (tertiary/aromatic N) is 3. The van der Waals surface area contributed by atoms with Crippen LogP contribution in [0.3, 0.4) is 0 Å². The summed E-state index contributed by atoms with van der Waals surface area (Å²) in [5, 5.41) is 0. The molecule has 1 saturated carbocycles. The number of oxazole rings is 1. The highest BCUT2D eigenvalue weighted by Crippen LogP contribution is 2.38. The molecule has 7 nitrogen and oxygen atoms in total. The molecule has 2 aromatic heterocycles. The molecule has 0 saturated heterocycles. The van der Waals surface area contributed by atoms with Gasteiger partial charge < -0.3 is 4.42 Å². The molecule has 0 amide bonds. The van der Waals surface area contributed by atoms with Gasteiger partial charge in [-0.2, -0.15) is 13.2 Å². The second kappa shape index (κ2) is 7.05. The quantitative estimate of drug-likeness (QED) is 0.567. The molecule has 4 rings (SSSR count). The van der Waals surface area contributed by atoms with Gasteiger partial charge in [0.05, 0.1) is 21.6 Å². The van der Waals surface area contributed by atoms with Gasteiger partial charge in [0.25, 0.3) is 0 Å². The molecule has 0 spiro atoms. The van der Waals surface area contributed by atoms with Crippen molar-refractivity contribution in [1.29, 1.82) is 0 Å². The lowest BCUT2D eigenvalue weighted by atomic mass is 10.3. The topological polar surface area (TPSA) is 102 Å². The third kappa shape index (κ3) is 3.58. The zero-order chi connectivity index (χ0) is 21.7. The maximum atomic E-state index is 13.6. The molecule has 1 fully saturated rings. The molecular formula is C18H16F3N3O4S2. The molecule has 160 valence electrons. The number of pyridine rings is 1. The van der Waals surface area contributed by atoms with Crippen LogP contribution in [0.25, 0.3) is 22.7 Å². The minimum absolute atomic E-state index is 0.00373. The Morgan fingerprint density at radius 3 is 2.57 bits per heavy atom. The van der Waals surface area contributed by atoms with Crippen LogP contribution >= 0.6 is 0 Å². The Balaban J connectivity index is 1.87. The summed E-state index contributed by atoms with van der Waals surface area (Å²) in [4.78, 5) is 7.53. The number of aromatic nitrogens is 2. The van der Waals surface area contributed by atoms with E-state index in [-0.39, 0.29) is 33.3 Å². The van der Waals surface area contributed by atoms with Crippen LogP contribution in [0.5, 0.6) is 0 Å². The maximum absolute atomic E-state index is 13.6. The lowest BCUT2D eigenvalue weighted by Gasteiger charge is -2.13. The van der Waals surface area contributed by atoms with Crippen LogP contribution < -0.4 is 0 Å². The molecule has 2 heterocycles. The molecule has 0 bridgehead atoms. The van der Waals surface area contributed by atoms with E-state index in [1.807, 2.05) is 0 Å². The van der Waals surface area contributed by atoms with Crippen molar-refractivity contribution in [2.75, 3.05) is 5.75 Å². The van der Waals surface area contributed by atoms with Gasteiger partial charge in [-0.15, -0.1) is 0 Å². The van der Waals surface area contributed by atoms with Gasteiger partial charge in [0.15, 0.2) is 25.1 Å². The van der Waals surface area contributed by atoms with Crippen LogP contribution in [0.4, 0.5) is 13.2 Å². The zero-order valence-corrected chi connectivity index (χ0v) is 17.2. The third-order valence-corrected chi connectivity index (χ3v) is 8.40. The molecule has 1 aliphatic carbocycles. The van der Waals surface area contributed by atoms with Crippen molar-refractivity contribution >= 4 is 30.7 Å². The molecule has 3 aromatic rings. The fourth-order valence-corrected chi connectivity index (χ4v) is 5.48. The Morgan fingerprint density at radius 1 is 1.20 bits per heavy atom. The molecule has 1 unspecified atom stereocenters. The molecular weight excluding hydrogens is 443 g/mol. The fourth-order valence-electron chi connectivity index (χ4n) is 2.78. The van der Waals surface area contributed by atoms with E-state index >= 15 is 0 Å². The number of fused-ring (bicyclic) bond motifs is 1. The number of rotatable bonds is 5. The van der Waals surface area contributed by atoms with Gasteiger partial charge in [-0.05, 0) is 43.2 Å². The normalized spacial score (nSPS) is 17.1. The fraction of sp³-hybridized carbons (Fsp3) is 0.333. The van der Waals surface area contributed by atoms with E-state index in [9.17, 15) is 25.8 Å². The van der Waals surface area contributed by atoms with Crippen molar-refractivity contribution in [3.63, 3.8) is 0 Å². The summed E-state index contributed by atoms with van der Waals surface area (Å²) < 4.78 is 87.2. The van der Waals surface area contributed by atoms with Crippen LogP contribution in [0, 0.1) is 0 Å². The Bertz CT molecular complexity index is 1350. The van der Waals surface area contributed by atoms with E-state index in [1.54, 1.807) is 0 Å². The average molecular weight is 459 g/mol. The summed E-state index contributed by atoms with van der Waals surface area (Å²) in [6, 6.07) is 5.50. The molecule has 0 radical (unpaired) electrons. The highest BCUT2D eigenvalue weighted by Gasteiger charge is 2.46. The van der Waals surface area contributed by atoms with Gasteiger partial charge in [0.2, 0.25) is 5.89 Å². The van der Waals surface area contributed by atoms with Gasteiger partial charge >= 0.3 is 5.51 Å². The second-order valence-electron chi connectivity index (χ2n) is 6.71.